The summed E-state index contributed by atoms with van der Waals surface area (Å²) in [6.45, 7) is 3.48. The van der Waals surface area contributed by atoms with Crippen LogP contribution in [0.4, 0.5) is 5.69 Å². The first-order valence-electron chi connectivity index (χ1n) is 15.5. The maximum atomic E-state index is 12.4. The highest BCUT2D eigenvalue weighted by molar-refractivity contribution is 5.68. The molecule has 2 aliphatic heterocycles. The van der Waals surface area contributed by atoms with E-state index in [0.717, 1.165) is 34.6 Å². The number of rotatable bonds is 15. The van der Waals surface area contributed by atoms with Crippen molar-refractivity contribution >= 4 is 35.5 Å². The fraction of sp³-hybridized carbons (Fsp3) is 0.645. The number of benzene rings is 1. The molecule has 0 amide bonds. The molecule has 0 saturated carbocycles. The van der Waals surface area contributed by atoms with Gasteiger partial charge in [0.1, 0.15) is 55.6 Å². The molecule has 2 heterocycles. The lowest BCUT2D eigenvalue weighted by Gasteiger charge is -2.45. The maximum Gasteiger partial charge on any atom is 0.303 e. The highest BCUT2D eigenvalue weighted by atomic mass is 16.7. The van der Waals surface area contributed by atoms with E-state index in [1.807, 2.05) is 0 Å². The van der Waals surface area contributed by atoms with Crippen LogP contribution in [-0.2, 0) is 61.9 Å². The number of hydrogen-bond donors (Lipinski definition) is 2. The number of esters is 5. The first kappa shape index (κ1) is 40.0. The van der Waals surface area contributed by atoms with Crippen LogP contribution >= 0.6 is 0 Å². The second-order valence-corrected chi connectivity index (χ2v) is 11.5. The molecule has 278 valence electrons. The van der Waals surface area contributed by atoms with Crippen molar-refractivity contribution in [3.63, 3.8) is 0 Å². The van der Waals surface area contributed by atoms with Crippen molar-refractivity contribution in [1.29, 1.82) is 0 Å². The van der Waals surface area contributed by atoms with Crippen LogP contribution in [0.1, 0.15) is 34.6 Å². The summed E-state index contributed by atoms with van der Waals surface area (Å²) < 4.78 is 50.6. The van der Waals surface area contributed by atoms with Gasteiger partial charge in [0, 0.05) is 46.8 Å². The minimum atomic E-state index is -1.56. The Balaban J connectivity index is 1.89. The molecule has 2 fully saturated rings. The van der Waals surface area contributed by atoms with Crippen molar-refractivity contribution in [2.24, 2.45) is 5.92 Å². The molecule has 10 atom stereocenters. The van der Waals surface area contributed by atoms with Crippen LogP contribution in [0.15, 0.2) is 24.3 Å². The van der Waals surface area contributed by atoms with Gasteiger partial charge in [-0.3, -0.25) is 34.1 Å². The molecule has 0 radical (unpaired) electrons. The summed E-state index contributed by atoms with van der Waals surface area (Å²) in [5, 5.41) is 31.5. The van der Waals surface area contributed by atoms with Gasteiger partial charge in [0.2, 0.25) is 0 Å². The number of nitro benzene ring substituents is 1. The molecule has 2 aliphatic rings. The highest BCUT2D eigenvalue weighted by Gasteiger charge is 2.52. The monoisotopic (exact) mass is 715 g/mol. The predicted molar refractivity (Wildman–Crippen MR) is 162 cm³/mol. The van der Waals surface area contributed by atoms with Crippen molar-refractivity contribution in [2.75, 3.05) is 33.0 Å². The Kier molecular flexibility index (Phi) is 14.8. The quantitative estimate of drug-likeness (QED) is 0.103. The van der Waals surface area contributed by atoms with E-state index in [1.165, 1.54) is 24.3 Å². The molecular weight excluding hydrogens is 674 g/mol. The Morgan fingerprint density at radius 2 is 1.18 bits per heavy atom. The van der Waals surface area contributed by atoms with Crippen LogP contribution < -0.4 is 4.74 Å². The average Bonchev–Trinajstić information content (AvgIpc) is 3.03. The minimum Gasteiger partial charge on any atom is -0.491 e. The van der Waals surface area contributed by atoms with Gasteiger partial charge < -0.3 is 52.8 Å². The number of nitro groups is 1. The first-order chi connectivity index (χ1) is 23.6. The van der Waals surface area contributed by atoms with E-state index in [1.54, 1.807) is 0 Å². The first-order valence-corrected chi connectivity index (χ1v) is 15.5. The van der Waals surface area contributed by atoms with Gasteiger partial charge in [-0.1, -0.05) is 0 Å². The van der Waals surface area contributed by atoms with Crippen LogP contribution in [0.3, 0.4) is 0 Å². The topological polar surface area (TPSA) is 252 Å². The van der Waals surface area contributed by atoms with Gasteiger partial charge in [0.05, 0.1) is 30.7 Å². The van der Waals surface area contributed by atoms with Gasteiger partial charge in [0.15, 0.2) is 18.3 Å². The Hall–Kier alpha value is -4.43. The Morgan fingerprint density at radius 3 is 1.70 bits per heavy atom. The summed E-state index contributed by atoms with van der Waals surface area (Å²) in [6.07, 6.45) is -11.6. The van der Waals surface area contributed by atoms with Crippen LogP contribution in [0.2, 0.25) is 0 Å². The predicted octanol–water partition coefficient (Wildman–Crippen LogP) is -0.216. The van der Waals surface area contributed by atoms with Crippen molar-refractivity contribution in [3.05, 3.63) is 34.4 Å². The fourth-order valence-electron chi connectivity index (χ4n) is 5.56. The number of ether oxygens (including phenoxy) is 9. The molecule has 1 aromatic rings. The van der Waals surface area contributed by atoms with Crippen LogP contribution in [0.5, 0.6) is 5.75 Å². The Bertz CT molecular complexity index is 1350. The third-order valence-corrected chi connectivity index (χ3v) is 7.59. The number of carbonyl (C=O) groups excluding carboxylic acids is 5. The van der Waals surface area contributed by atoms with E-state index < -0.39 is 109 Å². The second kappa shape index (κ2) is 18.5. The molecule has 0 aliphatic carbocycles. The average molecular weight is 716 g/mol. The number of nitrogens with zero attached hydrogens (tertiary/aromatic N) is 1. The maximum absolute atomic E-state index is 12.4. The van der Waals surface area contributed by atoms with E-state index in [-0.39, 0.29) is 31.3 Å². The molecule has 0 bridgehead atoms. The summed E-state index contributed by atoms with van der Waals surface area (Å²) in [6, 6.07) is 5.14. The van der Waals surface area contributed by atoms with E-state index in [2.05, 4.69) is 0 Å². The van der Waals surface area contributed by atoms with E-state index >= 15 is 0 Å². The molecule has 2 saturated heterocycles. The summed E-state index contributed by atoms with van der Waals surface area (Å²) in [5.41, 5.74) is -0.175. The van der Waals surface area contributed by atoms with Gasteiger partial charge in [-0.05, 0) is 12.1 Å². The number of aliphatic hydroxyl groups excluding tert-OH is 2. The lowest BCUT2D eigenvalue weighted by atomic mass is 9.86. The Labute approximate surface area is 286 Å². The molecule has 2 N–H and O–H groups in total. The Morgan fingerprint density at radius 1 is 0.680 bits per heavy atom. The van der Waals surface area contributed by atoms with Gasteiger partial charge in [-0.15, -0.1) is 0 Å². The number of non-ortho nitro benzene ring substituents is 1. The molecule has 19 nitrogen and oxygen atoms in total. The normalized spacial score (nSPS) is 29.2. The zero-order chi connectivity index (χ0) is 37.1. The van der Waals surface area contributed by atoms with Crippen molar-refractivity contribution in [3.8, 4) is 5.75 Å². The SMILES string of the molecule is CC(=O)OCC1OC(COc2ccc([N+](=O)[O-])cc2)C(OC(C)=O)C(OC(C)=O)C1COCC1OC(CO)C(O)C(OC(C)=O)C1OC(C)=O. The molecule has 19 heteroatoms. The van der Waals surface area contributed by atoms with Crippen LogP contribution in [-0.4, -0.2) is 133 Å². The molecule has 10 unspecified atom stereocenters. The largest absolute Gasteiger partial charge is 0.491 e. The number of hydrogen-bond acceptors (Lipinski definition) is 18. The lowest BCUT2D eigenvalue weighted by molar-refractivity contribution is -0.384. The van der Waals surface area contributed by atoms with Gasteiger partial charge in [0.25, 0.3) is 5.69 Å². The van der Waals surface area contributed by atoms with E-state index in [0.29, 0.717) is 0 Å². The number of aliphatic hydroxyl groups is 2. The lowest BCUT2D eigenvalue weighted by Crippen LogP contribution is -2.62. The van der Waals surface area contributed by atoms with E-state index in [9.17, 15) is 44.3 Å². The zero-order valence-corrected chi connectivity index (χ0v) is 28.0. The third kappa shape index (κ3) is 11.3. The van der Waals surface area contributed by atoms with Crippen LogP contribution in [0, 0.1) is 16.0 Å². The van der Waals surface area contributed by atoms with Gasteiger partial charge in [-0.2, -0.15) is 0 Å². The summed E-state index contributed by atoms with van der Waals surface area (Å²) in [7, 11) is 0. The molecule has 0 spiro atoms. The highest BCUT2D eigenvalue weighted by Crippen LogP contribution is 2.33. The summed E-state index contributed by atoms with van der Waals surface area (Å²) in [4.78, 5) is 70.6. The minimum absolute atomic E-state index is 0.175. The fourth-order valence-corrected chi connectivity index (χ4v) is 5.56. The third-order valence-electron chi connectivity index (χ3n) is 7.59. The standard InChI is InChI=1S/C31H41NO18/c1-15(34)43-13-24-22(11-42-12-25-30(47-18(4)37)31(48-19(5)38)27(39)23(10-33)49-25)28(45-16(2)35)29(46-17(3)36)26(50-24)14-44-21-8-6-20(7-9-21)32(40)41/h6-9,22-31,33,39H,10-14H2,1-5H3. The van der Waals surface area contributed by atoms with Gasteiger partial charge in [-0.25, -0.2) is 0 Å². The molecule has 0 aromatic heterocycles. The molecular formula is C31H41NO18. The summed E-state index contributed by atoms with van der Waals surface area (Å²) in [5.74, 6) is -4.57. The second-order valence-electron chi connectivity index (χ2n) is 11.5. The molecule has 1 aromatic carbocycles. The van der Waals surface area contributed by atoms with Crippen molar-refractivity contribution in [1.82, 2.24) is 0 Å². The zero-order valence-electron chi connectivity index (χ0n) is 28.0. The number of carbonyl (C=O) groups is 5. The molecule has 3 rings (SSSR count). The molecule has 50 heavy (non-hydrogen) atoms. The van der Waals surface area contributed by atoms with Crippen molar-refractivity contribution < 1.29 is 81.7 Å². The smallest absolute Gasteiger partial charge is 0.303 e. The van der Waals surface area contributed by atoms with Crippen molar-refractivity contribution in [2.45, 2.75) is 89.6 Å². The van der Waals surface area contributed by atoms with Crippen LogP contribution in [0.25, 0.3) is 0 Å². The summed E-state index contributed by atoms with van der Waals surface area (Å²) >= 11 is 0. The van der Waals surface area contributed by atoms with Gasteiger partial charge >= 0.3 is 29.8 Å². The van der Waals surface area contributed by atoms with E-state index in [4.69, 9.17) is 42.6 Å².